The molecule has 0 saturated carbocycles. The molecule has 2 rings (SSSR count). The Balaban J connectivity index is 1.99. The number of hydrogen-bond acceptors (Lipinski definition) is 4. The normalized spacial score (nSPS) is 15.3. The minimum absolute atomic E-state index is 0.208. The van der Waals surface area contributed by atoms with Crippen LogP contribution in [0.2, 0.25) is 0 Å². The number of hydrogen-bond donors (Lipinski definition) is 2. The number of nitrogens with one attached hydrogen (secondary N) is 1. The van der Waals surface area contributed by atoms with E-state index in [0.717, 1.165) is 41.9 Å². The van der Waals surface area contributed by atoms with Crippen LogP contribution in [-0.4, -0.2) is 19.6 Å². The highest BCUT2D eigenvalue weighted by atomic mass is 16.5. The number of allylic oxidation sites excluding steroid dienone is 5. The van der Waals surface area contributed by atoms with Crippen molar-refractivity contribution >= 4 is 5.91 Å². The van der Waals surface area contributed by atoms with Crippen LogP contribution in [0.4, 0.5) is 0 Å². The summed E-state index contributed by atoms with van der Waals surface area (Å²) in [4.78, 5) is 12.7. The Hall–Kier alpha value is -3.05. The molecule has 5 heteroatoms. The molecule has 0 aliphatic heterocycles. The summed E-state index contributed by atoms with van der Waals surface area (Å²) in [6.45, 7) is 6.78. The van der Waals surface area contributed by atoms with E-state index in [4.69, 9.17) is 15.2 Å². The second-order valence-corrected chi connectivity index (χ2v) is 7.54. The van der Waals surface area contributed by atoms with Crippen molar-refractivity contribution in [2.75, 3.05) is 13.7 Å². The zero-order valence-corrected chi connectivity index (χ0v) is 19.0. The summed E-state index contributed by atoms with van der Waals surface area (Å²) in [6, 6.07) is 7.71. The lowest BCUT2D eigenvalue weighted by molar-refractivity contribution is -0.117. The summed E-state index contributed by atoms with van der Waals surface area (Å²) in [6.07, 6.45) is 12.8. The number of rotatable bonds is 10. The van der Waals surface area contributed by atoms with Crippen LogP contribution in [0.25, 0.3) is 0 Å². The summed E-state index contributed by atoms with van der Waals surface area (Å²) in [5.74, 6) is 1.44. The van der Waals surface area contributed by atoms with Crippen molar-refractivity contribution in [3.8, 4) is 5.75 Å². The van der Waals surface area contributed by atoms with E-state index in [9.17, 15) is 4.79 Å². The Morgan fingerprint density at radius 2 is 1.90 bits per heavy atom. The highest BCUT2D eigenvalue weighted by molar-refractivity contribution is 5.96. The monoisotopic (exact) mass is 422 g/mol. The van der Waals surface area contributed by atoms with Crippen LogP contribution >= 0.6 is 0 Å². The zero-order valence-electron chi connectivity index (χ0n) is 19.0. The predicted molar refractivity (Wildman–Crippen MR) is 126 cm³/mol. The molecule has 1 amide bonds. The van der Waals surface area contributed by atoms with Gasteiger partial charge in [0, 0.05) is 19.4 Å². The summed E-state index contributed by atoms with van der Waals surface area (Å²) in [5.41, 5.74) is 10.1. The summed E-state index contributed by atoms with van der Waals surface area (Å²) in [7, 11) is 1.66. The van der Waals surface area contributed by atoms with Gasteiger partial charge < -0.3 is 20.5 Å². The summed E-state index contributed by atoms with van der Waals surface area (Å²) >= 11 is 0. The molecule has 0 radical (unpaired) electrons. The van der Waals surface area contributed by atoms with Crippen LogP contribution in [0, 0.1) is 0 Å². The lowest BCUT2D eigenvalue weighted by atomic mass is 10.1. The van der Waals surface area contributed by atoms with E-state index in [2.05, 4.69) is 31.3 Å². The van der Waals surface area contributed by atoms with E-state index >= 15 is 0 Å². The molecule has 0 aromatic heterocycles. The molecule has 0 spiro atoms. The molecule has 166 valence electrons. The molecule has 1 aliphatic rings. The Morgan fingerprint density at radius 1 is 1.16 bits per heavy atom. The molecular weight excluding hydrogens is 388 g/mol. The number of methoxy groups -OCH3 is 1. The molecule has 0 atom stereocenters. The Labute approximate surface area is 186 Å². The first kappa shape index (κ1) is 24.2. The number of benzene rings is 1. The predicted octanol–water partition coefficient (Wildman–Crippen LogP) is 5.08. The second-order valence-electron chi connectivity index (χ2n) is 7.54. The minimum Gasteiger partial charge on any atom is -0.458 e. The lowest BCUT2D eigenvalue weighted by Crippen LogP contribution is -2.25. The van der Waals surface area contributed by atoms with Gasteiger partial charge in [-0.15, -0.1) is 0 Å². The van der Waals surface area contributed by atoms with Crippen LogP contribution < -0.4 is 15.8 Å². The van der Waals surface area contributed by atoms with Crippen molar-refractivity contribution in [3.05, 3.63) is 88.4 Å². The number of nitrogens with two attached hydrogens (primary N) is 1. The van der Waals surface area contributed by atoms with Crippen LogP contribution in [0.5, 0.6) is 5.75 Å². The molecule has 0 heterocycles. The summed E-state index contributed by atoms with van der Waals surface area (Å²) in [5, 5.41) is 2.94. The number of carbonyl (C=O) groups is 1. The maximum absolute atomic E-state index is 12.7. The second kappa shape index (κ2) is 12.6. The highest BCUT2D eigenvalue weighted by Gasteiger charge is 2.10. The van der Waals surface area contributed by atoms with Gasteiger partial charge in [0.25, 0.3) is 5.91 Å². The molecule has 3 N–H and O–H groups in total. The van der Waals surface area contributed by atoms with Gasteiger partial charge in [0.2, 0.25) is 0 Å². The van der Waals surface area contributed by atoms with E-state index in [1.54, 1.807) is 20.1 Å². The molecule has 31 heavy (non-hydrogen) atoms. The number of ether oxygens (including phenoxy) is 2. The fraction of sp³-hybridized carbons (Fsp3) is 0.346. The van der Waals surface area contributed by atoms with E-state index in [1.165, 1.54) is 5.57 Å². The van der Waals surface area contributed by atoms with E-state index in [-0.39, 0.29) is 5.91 Å². The molecule has 0 unspecified atom stereocenters. The van der Waals surface area contributed by atoms with Gasteiger partial charge in [0.15, 0.2) is 0 Å². The third kappa shape index (κ3) is 7.95. The van der Waals surface area contributed by atoms with Gasteiger partial charge in [-0.05, 0) is 74.6 Å². The number of carbonyl (C=O) groups excluding carboxylic acids is 1. The Morgan fingerprint density at radius 3 is 2.48 bits per heavy atom. The summed E-state index contributed by atoms with van der Waals surface area (Å²) < 4.78 is 11.1. The van der Waals surface area contributed by atoms with Crippen molar-refractivity contribution in [2.24, 2.45) is 5.73 Å². The highest BCUT2D eigenvalue weighted by Crippen LogP contribution is 2.19. The lowest BCUT2D eigenvalue weighted by Gasteiger charge is -2.11. The van der Waals surface area contributed by atoms with Crippen molar-refractivity contribution in [3.63, 3.8) is 0 Å². The van der Waals surface area contributed by atoms with Crippen LogP contribution in [0.1, 0.15) is 45.6 Å². The zero-order chi connectivity index (χ0) is 22.6. The third-order valence-electron chi connectivity index (χ3n) is 5.07. The van der Waals surface area contributed by atoms with Gasteiger partial charge in [-0.2, -0.15) is 0 Å². The molecule has 0 bridgehead atoms. The molecule has 0 saturated heterocycles. The standard InChI is InChI=1S/C26H34N2O3/c1-5-19(2)22(18-30-4)13-16-25(20(3)27)26(29)28-17-21-11-14-24(15-12-21)31-23-9-7-6-8-10-23/h7,9-16H,5-6,8,17-18,27H2,1-4H3,(H,28,29)/b16-13-,22-19?,25-20-. The minimum atomic E-state index is -0.208. The van der Waals surface area contributed by atoms with Crippen molar-refractivity contribution in [1.82, 2.24) is 5.32 Å². The van der Waals surface area contributed by atoms with Crippen LogP contribution in [0.3, 0.4) is 0 Å². The van der Waals surface area contributed by atoms with Gasteiger partial charge >= 0.3 is 0 Å². The molecule has 1 aliphatic carbocycles. The van der Waals surface area contributed by atoms with E-state index < -0.39 is 0 Å². The van der Waals surface area contributed by atoms with Crippen LogP contribution in [0.15, 0.2) is 82.8 Å². The van der Waals surface area contributed by atoms with Gasteiger partial charge in [0.1, 0.15) is 11.5 Å². The van der Waals surface area contributed by atoms with Crippen molar-refractivity contribution in [1.29, 1.82) is 0 Å². The molecule has 0 fully saturated rings. The SMILES string of the molecule is CCC(C)=C(/C=C\C(C(=O)NCc1ccc(OC2=CCCC=C2)cc1)=C(/C)N)COC. The first-order valence-electron chi connectivity index (χ1n) is 10.7. The number of amides is 1. The average Bonchev–Trinajstić information content (AvgIpc) is 2.78. The van der Waals surface area contributed by atoms with Crippen molar-refractivity contribution < 1.29 is 14.3 Å². The maximum Gasteiger partial charge on any atom is 0.253 e. The molecule has 1 aromatic carbocycles. The van der Waals surface area contributed by atoms with Crippen molar-refractivity contribution in [2.45, 2.75) is 46.6 Å². The fourth-order valence-electron chi connectivity index (χ4n) is 3.02. The topological polar surface area (TPSA) is 73.6 Å². The first-order valence-corrected chi connectivity index (χ1v) is 10.7. The van der Waals surface area contributed by atoms with Crippen LogP contribution in [-0.2, 0) is 16.1 Å². The Kier molecular flexibility index (Phi) is 9.85. The molecular formula is C26H34N2O3. The molecule has 5 nitrogen and oxygen atoms in total. The fourth-order valence-corrected chi connectivity index (χ4v) is 3.02. The quantitative estimate of drug-likeness (QED) is 0.407. The van der Waals surface area contributed by atoms with Gasteiger partial charge in [0.05, 0.1) is 12.2 Å². The first-order chi connectivity index (χ1) is 14.9. The van der Waals surface area contributed by atoms with Gasteiger partial charge in [-0.1, -0.05) is 36.8 Å². The largest absolute Gasteiger partial charge is 0.458 e. The Bertz CT molecular complexity index is 899. The van der Waals surface area contributed by atoms with E-state index in [0.29, 0.717) is 24.4 Å². The smallest absolute Gasteiger partial charge is 0.253 e. The van der Waals surface area contributed by atoms with E-state index in [1.807, 2.05) is 36.4 Å². The van der Waals surface area contributed by atoms with Gasteiger partial charge in [-0.25, -0.2) is 0 Å². The molecule has 1 aromatic rings. The maximum atomic E-state index is 12.7. The third-order valence-corrected chi connectivity index (χ3v) is 5.07. The van der Waals surface area contributed by atoms with Gasteiger partial charge in [-0.3, -0.25) is 4.79 Å². The average molecular weight is 423 g/mol.